The summed E-state index contributed by atoms with van der Waals surface area (Å²) in [7, 11) is 1.69. The summed E-state index contributed by atoms with van der Waals surface area (Å²) in [6.07, 6.45) is 7.45. The van der Waals surface area contributed by atoms with E-state index >= 15 is 0 Å². The third-order valence-corrected chi connectivity index (χ3v) is 4.26. The molecule has 0 unspecified atom stereocenters. The molecule has 0 N–H and O–H groups in total. The van der Waals surface area contributed by atoms with Crippen LogP contribution >= 0.6 is 0 Å². The Morgan fingerprint density at radius 2 is 2.25 bits per heavy atom. The van der Waals surface area contributed by atoms with E-state index in [1.807, 2.05) is 36.0 Å². The predicted molar refractivity (Wildman–Crippen MR) is 96.8 cm³/mol. The molecule has 2 aromatic rings. The van der Waals surface area contributed by atoms with Crippen molar-refractivity contribution in [3.63, 3.8) is 0 Å². The normalized spacial score (nSPS) is 14.7. The Bertz CT molecular complexity index is 779. The molecule has 4 nitrogen and oxygen atoms in total. The van der Waals surface area contributed by atoms with Crippen molar-refractivity contribution in [3.8, 4) is 17.6 Å². The Kier molecular flexibility index (Phi) is 5.35. The molecule has 0 saturated carbocycles. The smallest absolute Gasteiger partial charge is 0.119 e. The Balaban J connectivity index is 1.65. The molecule has 0 saturated heterocycles. The van der Waals surface area contributed by atoms with Gasteiger partial charge in [-0.3, -0.25) is 9.58 Å². The van der Waals surface area contributed by atoms with Crippen LogP contribution < -0.4 is 4.74 Å². The maximum atomic E-state index is 5.28. The van der Waals surface area contributed by atoms with Crippen molar-refractivity contribution in [1.82, 2.24) is 14.7 Å². The molecule has 1 aliphatic rings. The highest BCUT2D eigenvalue weighted by molar-refractivity contribution is 5.65. The number of hydrogen-bond acceptors (Lipinski definition) is 3. The lowest BCUT2D eigenvalue weighted by molar-refractivity contribution is 0.339. The quantitative estimate of drug-likeness (QED) is 0.793. The maximum absolute atomic E-state index is 5.28. The van der Waals surface area contributed by atoms with Crippen LogP contribution in [0.5, 0.6) is 5.75 Å². The minimum absolute atomic E-state index is 0.753. The summed E-state index contributed by atoms with van der Waals surface area (Å²) < 4.78 is 7.26. The van der Waals surface area contributed by atoms with Crippen molar-refractivity contribution >= 4 is 5.57 Å². The fourth-order valence-corrected chi connectivity index (χ4v) is 2.88. The highest BCUT2D eigenvalue weighted by Crippen LogP contribution is 2.22. The summed E-state index contributed by atoms with van der Waals surface area (Å²) in [6.45, 7) is 5.52. The van der Waals surface area contributed by atoms with Crippen LogP contribution in [0.4, 0.5) is 0 Å². The number of nitrogens with zero attached hydrogens (tertiary/aromatic N) is 3. The van der Waals surface area contributed by atoms with Crippen LogP contribution in [-0.4, -0.2) is 41.4 Å². The first kappa shape index (κ1) is 16.4. The topological polar surface area (TPSA) is 30.3 Å². The highest BCUT2D eigenvalue weighted by atomic mass is 16.5. The van der Waals surface area contributed by atoms with E-state index in [0.717, 1.165) is 38.3 Å². The average Bonchev–Trinajstić information content (AvgIpc) is 3.09. The van der Waals surface area contributed by atoms with Crippen LogP contribution in [0.15, 0.2) is 42.7 Å². The summed E-state index contributed by atoms with van der Waals surface area (Å²) in [5, 5.41) is 4.51. The Hall–Kier alpha value is -2.51. The summed E-state index contributed by atoms with van der Waals surface area (Å²) in [4.78, 5) is 2.36. The number of rotatable bonds is 5. The lowest BCUT2D eigenvalue weighted by Gasteiger charge is -2.23. The summed E-state index contributed by atoms with van der Waals surface area (Å²) in [6, 6.07) is 8.11. The molecule has 1 aliphatic heterocycles. The van der Waals surface area contributed by atoms with Crippen LogP contribution in [0, 0.1) is 11.8 Å². The molecule has 0 fully saturated rings. The largest absolute Gasteiger partial charge is 0.497 e. The van der Waals surface area contributed by atoms with E-state index in [1.165, 1.54) is 16.7 Å². The standard InChI is InChI=1S/C20H23N3O/c1-3-4-10-22-11-8-18(9-12-22)19-14-21-23(16-19)15-17-6-5-7-20(13-17)24-2/h5-8,13-14,16H,9-12,15H2,1-2H3. The lowest BCUT2D eigenvalue weighted by atomic mass is 10.0. The van der Waals surface area contributed by atoms with Crippen molar-refractivity contribution in [1.29, 1.82) is 0 Å². The highest BCUT2D eigenvalue weighted by Gasteiger charge is 2.13. The number of benzene rings is 1. The minimum Gasteiger partial charge on any atom is -0.497 e. The molecule has 0 radical (unpaired) electrons. The first-order chi connectivity index (χ1) is 11.8. The Morgan fingerprint density at radius 1 is 1.33 bits per heavy atom. The van der Waals surface area contributed by atoms with Gasteiger partial charge < -0.3 is 4.74 Å². The fourth-order valence-electron chi connectivity index (χ4n) is 2.88. The number of methoxy groups -OCH3 is 1. The van der Waals surface area contributed by atoms with Crippen LogP contribution in [0.25, 0.3) is 5.57 Å². The van der Waals surface area contributed by atoms with E-state index in [0.29, 0.717) is 0 Å². The molecule has 124 valence electrons. The minimum atomic E-state index is 0.753. The zero-order valence-electron chi connectivity index (χ0n) is 14.3. The van der Waals surface area contributed by atoms with E-state index in [2.05, 4.69) is 40.2 Å². The maximum Gasteiger partial charge on any atom is 0.119 e. The van der Waals surface area contributed by atoms with Crippen molar-refractivity contribution in [2.24, 2.45) is 0 Å². The zero-order valence-corrected chi connectivity index (χ0v) is 14.3. The molecule has 1 aromatic carbocycles. The van der Waals surface area contributed by atoms with Crippen LogP contribution in [0.1, 0.15) is 24.5 Å². The van der Waals surface area contributed by atoms with E-state index < -0.39 is 0 Å². The van der Waals surface area contributed by atoms with Gasteiger partial charge in [0.15, 0.2) is 0 Å². The second-order valence-electron chi connectivity index (χ2n) is 5.92. The molecule has 0 aliphatic carbocycles. The van der Waals surface area contributed by atoms with E-state index in [1.54, 1.807) is 7.11 Å². The van der Waals surface area contributed by atoms with Gasteiger partial charge in [-0.15, -0.1) is 5.92 Å². The summed E-state index contributed by atoms with van der Waals surface area (Å²) >= 11 is 0. The number of ether oxygens (including phenoxy) is 1. The average molecular weight is 321 g/mol. The molecule has 0 bridgehead atoms. The van der Waals surface area contributed by atoms with Gasteiger partial charge in [-0.2, -0.15) is 5.10 Å². The van der Waals surface area contributed by atoms with Crippen LogP contribution in [0.2, 0.25) is 0 Å². The SMILES string of the molecule is CC#CCN1CC=C(c2cnn(Cc3cccc(OC)c3)c2)CC1. The summed E-state index contributed by atoms with van der Waals surface area (Å²) in [5.41, 5.74) is 3.79. The molecular formula is C20H23N3O. The van der Waals surface area contributed by atoms with E-state index in [4.69, 9.17) is 4.74 Å². The van der Waals surface area contributed by atoms with Gasteiger partial charge in [-0.25, -0.2) is 0 Å². The molecule has 4 heteroatoms. The van der Waals surface area contributed by atoms with Crippen LogP contribution in [0.3, 0.4) is 0 Å². The van der Waals surface area contributed by atoms with Gasteiger partial charge in [0, 0.05) is 24.8 Å². The lowest BCUT2D eigenvalue weighted by Crippen LogP contribution is -2.28. The van der Waals surface area contributed by atoms with Gasteiger partial charge in [-0.05, 0) is 36.6 Å². The van der Waals surface area contributed by atoms with E-state index in [-0.39, 0.29) is 0 Å². The molecule has 0 amide bonds. The Labute approximate surface area is 143 Å². The zero-order chi connectivity index (χ0) is 16.8. The van der Waals surface area contributed by atoms with Gasteiger partial charge in [0.25, 0.3) is 0 Å². The molecule has 0 atom stereocenters. The molecule has 1 aromatic heterocycles. The van der Waals surface area contributed by atoms with Crippen molar-refractivity contribution in [2.45, 2.75) is 19.9 Å². The second kappa shape index (κ2) is 7.85. The van der Waals surface area contributed by atoms with Crippen molar-refractivity contribution in [2.75, 3.05) is 26.7 Å². The van der Waals surface area contributed by atoms with Gasteiger partial charge >= 0.3 is 0 Å². The third-order valence-electron chi connectivity index (χ3n) is 4.26. The van der Waals surface area contributed by atoms with Crippen molar-refractivity contribution < 1.29 is 4.74 Å². The Morgan fingerprint density at radius 3 is 3.00 bits per heavy atom. The second-order valence-corrected chi connectivity index (χ2v) is 5.92. The number of aromatic nitrogens is 2. The number of hydrogen-bond donors (Lipinski definition) is 0. The first-order valence-electron chi connectivity index (χ1n) is 8.25. The molecule has 24 heavy (non-hydrogen) atoms. The monoisotopic (exact) mass is 321 g/mol. The van der Waals surface area contributed by atoms with Gasteiger partial charge in [0.05, 0.1) is 26.4 Å². The van der Waals surface area contributed by atoms with Gasteiger partial charge in [0.1, 0.15) is 5.75 Å². The molecular weight excluding hydrogens is 298 g/mol. The predicted octanol–water partition coefficient (Wildman–Crippen LogP) is 3.05. The van der Waals surface area contributed by atoms with E-state index in [9.17, 15) is 0 Å². The van der Waals surface area contributed by atoms with Crippen molar-refractivity contribution in [3.05, 3.63) is 53.9 Å². The molecule has 2 heterocycles. The fraction of sp³-hybridized carbons (Fsp3) is 0.350. The molecule has 3 rings (SSSR count). The third kappa shape index (κ3) is 4.06. The van der Waals surface area contributed by atoms with Gasteiger partial charge in [0.2, 0.25) is 0 Å². The first-order valence-corrected chi connectivity index (χ1v) is 8.25. The summed E-state index contributed by atoms with van der Waals surface area (Å²) in [5.74, 6) is 6.97. The van der Waals surface area contributed by atoms with Gasteiger partial charge in [-0.1, -0.05) is 24.1 Å². The van der Waals surface area contributed by atoms with Crippen LogP contribution in [-0.2, 0) is 6.54 Å². The molecule has 0 spiro atoms.